The summed E-state index contributed by atoms with van der Waals surface area (Å²) >= 11 is 0. The lowest BCUT2D eigenvalue weighted by atomic mass is 9.97. The van der Waals surface area contributed by atoms with Gasteiger partial charge in [-0.3, -0.25) is 19.2 Å². The number of amides is 3. The van der Waals surface area contributed by atoms with Crippen LogP contribution < -0.4 is 21.7 Å². The van der Waals surface area contributed by atoms with Gasteiger partial charge in [0.15, 0.2) is 0 Å². The molecule has 166 valence electrons. The minimum absolute atomic E-state index is 0.0619. The molecule has 30 heavy (non-hydrogen) atoms. The van der Waals surface area contributed by atoms with Gasteiger partial charge in [0, 0.05) is 6.42 Å². The molecule has 4 unspecified atom stereocenters. The average molecular weight is 422 g/mol. The van der Waals surface area contributed by atoms with E-state index in [1.807, 2.05) is 6.92 Å². The van der Waals surface area contributed by atoms with Gasteiger partial charge in [-0.05, 0) is 30.5 Å². The van der Waals surface area contributed by atoms with Gasteiger partial charge in [0.25, 0.3) is 0 Å². The molecule has 1 rings (SSSR count). The third-order valence-corrected chi connectivity index (χ3v) is 4.74. The number of carbonyl (C=O) groups is 4. The molecule has 0 aliphatic carbocycles. The number of phenolic OH excluding ortho intramolecular Hbond substituents is 1. The monoisotopic (exact) mass is 422 g/mol. The van der Waals surface area contributed by atoms with Gasteiger partial charge in [-0.2, -0.15) is 0 Å². The molecule has 0 aliphatic heterocycles. The predicted molar refractivity (Wildman–Crippen MR) is 109 cm³/mol. The van der Waals surface area contributed by atoms with Crippen molar-refractivity contribution in [2.24, 2.45) is 11.7 Å². The molecular weight excluding hydrogens is 392 g/mol. The van der Waals surface area contributed by atoms with Crippen molar-refractivity contribution in [1.29, 1.82) is 0 Å². The molecule has 1 aromatic rings. The molecule has 7 N–H and O–H groups in total. The summed E-state index contributed by atoms with van der Waals surface area (Å²) in [4.78, 5) is 48.3. The topological polar surface area (TPSA) is 171 Å². The van der Waals surface area contributed by atoms with E-state index in [0.29, 0.717) is 12.0 Å². The molecule has 3 amide bonds. The number of carbonyl (C=O) groups excluding carboxylic acids is 3. The summed E-state index contributed by atoms with van der Waals surface area (Å²) in [5, 5.41) is 25.9. The molecule has 0 radical (unpaired) electrons. The van der Waals surface area contributed by atoms with Crippen LogP contribution in [-0.2, 0) is 25.6 Å². The maximum Gasteiger partial charge on any atom is 0.325 e. The lowest BCUT2D eigenvalue weighted by Gasteiger charge is -2.27. The highest BCUT2D eigenvalue weighted by Gasteiger charge is 2.31. The number of hydrogen-bond donors (Lipinski definition) is 6. The van der Waals surface area contributed by atoms with Crippen LogP contribution in [0.3, 0.4) is 0 Å². The first kappa shape index (κ1) is 24.9. The van der Waals surface area contributed by atoms with Crippen LogP contribution in [0.4, 0.5) is 0 Å². The molecule has 1 aromatic carbocycles. The second-order valence-electron chi connectivity index (χ2n) is 7.14. The molecule has 0 aliphatic rings. The second-order valence-corrected chi connectivity index (χ2v) is 7.14. The van der Waals surface area contributed by atoms with Crippen molar-refractivity contribution in [1.82, 2.24) is 16.0 Å². The van der Waals surface area contributed by atoms with E-state index in [0.717, 1.165) is 0 Å². The molecule has 0 bridgehead atoms. The quantitative estimate of drug-likeness (QED) is 0.279. The molecule has 0 heterocycles. The third kappa shape index (κ3) is 7.70. The largest absolute Gasteiger partial charge is 0.508 e. The van der Waals surface area contributed by atoms with Crippen LogP contribution >= 0.6 is 0 Å². The van der Waals surface area contributed by atoms with Gasteiger partial charge in [-0.25, -0.2) is 0 Å². The van der Waals surface area contributed by atoms with Crippen LogP contribution in [0.2, 0.25) is 0 Å². The minimum Gasteiger partial charge on any atom is -0.508 e. The van der Waals surface area contributed by atoms with E-state index in [2.05, 4.69) is 16.0 Å². The van der Waals surface area contributed by atoms with Gasteiger partial charge in [-0.15, -0.1) is 0 Å². The zero-order chi connectivity index (χ0) is 22.8. The summed E-state index contributed by atoms with van der Waals surface area (Å²) < 4.78 is 0. The van der Waals surface area contributed by atoms with Crippen LogP contribution in [0.15, 0.2) is 24.3 Å². The Balaban J connectivity index is 3.02. The first-order chi connectivity index (χ1) is 14.1. The summed E-state index contributed by atoms with van der Waals surface area (Å²) in [6.07, 6.45) is 0.663. The number of benzene rings is 1. The lowest BCUT2D eigenvalue weighted by Crippen LogP contribution is -2.58. The van der Waals surface area contributed by atoms with Crippen LogP contribution in [0.1, 0.15) is 32.8 Å². The molecule has 4 atom stereocenters. The SMILES string of the molecule is CCC(C)C(NC(=O)C(Cc1ccc(O)cc1)NC(=O)CN)C(=O)NC(C)C(=O)O. The molecule has 0 spiro atoms. The lowest BCUT2D eigenvalue weighted by molar-refractivity contribution is -0.142. The normalized spacial score (nSPS) is 14.7. The number of carboxylic acids is 1. The first-order valence-electron chi connectivity index (χ1n) is 9.69. The Morgan fingerprint density at radius 3 is 2.10 bits per heavy atom. The van der Waals surface area contributed by atoms with Gasteiger partial charge >= 0.3 is 5.97 Å². The van der Waals surface area contributed by atoms with Crippen molar-refractivity contribution in [3.05, 3.63) is 29.8 Å². The van der Waals surface area contributed by atoms with Crippen molar-refractivity contribution in [3.63, 3.8) is 0 Å². The van der Waals surface area contributed by atoms with E-state index in [9.17, 15) is 24.3 Å². The molecule has 0 aromatic heterocycles. The Hall–Kier alpha value is -3.14. The van der Waals surface area contributed by atoms with Crippen molar-refractivity contribution in [2.75, 3.05) is 6.54 Å². The highest BCUT2D eigenvalue weighted by Crippen LogP contribution is 2.13. The molecule has 10 heteroatoms. The third-order valence-electron chi connectivity index (χ3n) is 4.74. The zero-order valence-electron chi connectivity index (χ0n) is 17.3. The number of aromatic hydroxyl groups is 1. The minimum atomic E-state index is -1.20. The standard InChI is InChI=1S/C20H30N4O6/c1-4-11(2)17(19(28)22-12(3)20(29)30)24-18(27)15(23-16(26)10-21)9-13-5-7-14(25)8-6-13/h5-8,11-12,15,17,25H,4,9-10,21H2,1-3H3,(H,22,28)(H,23,26)(H,24,27)(H,29,30). The van der Waals surface area contributed by atoms with Crippen molar-refractivity contribution in [2.45, 2.75) is 51.7 Å². The Morgan fingerprint density at radius 2 is 1.60 bits per heavy atom. The van der Waals surface area contributed by atoms with Crippen molar-refractivity contribution in [3.8, 4) is 5.75 Å². The number of phenols is 1. The van der Waals surface area contributed by atoms with E-state index in [4.69, 9.17) is 10.8 Å². The van der Waals surface area contributed by atoms with Crippen LogP contribution in [0, 0.1) is 5.92 Å². The summed E-state index contributed by atoms with van der Waals surface area (Å²) in [7, 11) is 0. The Kier molecular flexibility index (Phi) is 9.76. The van der Waals surface area contributed by atoms with Gasteiger partial charge in [0.1, 0.15) is 23.9 Å². The number of aliphatic carboxylic acids is 1. The second kappa shape index (κ2) is 11.8. The Morgan fingerprint density at radius 1 is 1.00 bits per heavy atom. The summed E-state index contributed by atoms with van der Waals surface area (Å²) in [6, 6.07) is 3.01. The van der Waals surface area contributed by atoms with Crippen LogP contribution in [-0.4, -0.2) is 58.6 Å². The summed E-state index contributed by atoms with van der Waals surface area (Å²) in [5.74, 6) is -3.19. The van der Waals surface area contributed by atoms with E-state index >= 15 is 0 Å². The highest BCUT2D eigenvalue weighted by molar-refractivity contribution is 5.93. The maximum atomic E-state index is 12.9. The molecule has 0 fully saturated rings. The van der Waals surface area contributed by atoms with E-state index in [1.54, 1.807) is 19.1 Å². The summed E-state index contributed by atoms with van der Waals surface area (Å²) in [5.41, 5.74) is 6.01. The van der Waals surface area contributed by atoms with E-state index < -0.39 is 41.8 Å². The van der Waals surface area contributed by atoms with Gasteiger partial charge < -0.3 is 31.9 Å². The number of rotatable bonds is 11. The zero-order valence-corrected chi connectivity index (χ0v) is 17.3. The van der Waals surface area contributed by atoms with Crippen LogP contribution in [0.5, 0.6) is 5.75 Å². The van der Waals surface area contributed by atoms with Crippen molar-refractivity contribution >= 4 is 23.7 Å². The Labute approximate surface area is 175 Å². The number of carboxylic acid groups (broad SMARTS) is 1. The highest BCUT2D eigenvalue weighted by atomic mass is 16.4. The van der Waals surface area contributed by atoms with Gasteiger partial charge in [-0.1, -0.05) is 32.4 Å². The smallest absolute Gasteiger partial charge is 0.325 e. The number of nitrogens with one attached hydrogen (secondary N) is 3. The van der Waals surface area contributed by atoms with Gasteiger partial charge in [0.2, 0.25) is 17.7 Å². The number of nitrogens with two attached hydrogens (primary N) is 1. The fraction of sp³-hybridized carbons (Fsp3) is 0.500. The predicted octanol–water partition coefficient (Wildman–Crippen LogP) is -0.502. The van der Waals surface area contributed by atoms with Crippen molar-refractivity contribution < 1.29 is 29.4 Å². The summed E-state index contributed by atoms with van der Waals surface area (Å²) in [6.45, 7) is 4.60. The molecule has 10 nitrogen and oxygen atoms in total. The fourth-order valence-corrected chi connectivity index (χ4v) is 2.65. The van der Waals surface area contributed by atoms with E-state index in [1.165, 1.54) is 19.1 Å². The fourth-order valence-electron chi connectivity index (χ4n) is 2.65. The van der Waals surface area contributed by atoms with E-state index in [-0.39, 0.29) is 24.6 Å². The first-order valence-corrected chi connectivity index (χ1v) is 9.69. The average Bonchev–Trinajstić information content (AvgIpc) is 2.71. The molecule has 0 saturated carbocycles. The van der Waals surface area contributed by atoms with Gasteiger partial charge in [0.05, 0.1) is 6.54 Å². The molecular formula is C20H30N4O6. The number of hydrogen-bond acceptors (Lipinski definition) is 6. The maximum absolute atomic E-state index is 12.9. The molecule has 0 saturated heterocycles. The van der Waals surface area contributed by atoms with Crippen LogP contribution in [0.25, 0.3) is 0 Å². The Bertz CT molecular complexity index is 752.